The van der Waals surface area contributed by atoms with Gasteiger partial charge >= 0.3 is 0 Å². The Bertz CT molecular complexity index is 590. The summed E-state index contributed by atoms with van der Waals surface area (Å²) in [5, 5.41) is 4.74. The molecule has 0 aliphatic carbocycles. The molecule has 0 aliphatic rings. The molecule has 0 radical (unpaired) electrons. The fourth-order valence-corrected chi connectivity index (χ4v) is 1.86. The zero-order valence-electron chi connectivity index (χ0n) is 10.2. The van der Waals surface area contributed by atoms with E-state index in [4.69, 9.17) is 17.3 Å². The van der Waals surface area contributed by atoms with Crippen molar-refractivity contribution < 1.29 is 4.79 Å². The molecule has 0 saturated carbocycles. The molecule has 2 rings (SSSR count). The standard InChI is InChI=1S/C13H14ClN3O/c1-8(2)12(18)11-7-16-17(13(11)15)10-5-3-4-9(14)6-10/h3-8H,15H2,1-2H3. The molecule has 0 saturated heterocycles. The van der Waals surface area contributed by atoms with E-state index in [-0.39, 0.29) is 11.7 Å². The summed E-state index contributed by atoms with van der Waals surface area (Å²) in [6.07, 6.45) is 1.50. The summed E-state index contributed by atoms with van der Waals surface area (Å²) in [5.74, 6) is 0.223. The second-order valence-electron chi connectivity index (χ2n) is 4.35. The van der Waals surface area contributed by atoms with Crippen molar-refractivity contribution in [2.75, 3.05) is 5.73 Å². The lowest BCUT2D eigenvalue weighted by molar-refractivity contribution is 0.0940. The highest BCUT2D eigenvalue weighted by atomic mass is 35.5. The van der Waals surface area contributed by atoms with Crippen LogP contribution in [0.2, 0.25) is 5.02 Å². The summed E-state index contributed by atoms with van der Waals surface area (Å²) in [5.41, 5.74) is 7.15. The highest BCUT2D eigenvalue weighted by Gasteiger charge is 2.18. The number of aromatic nitrogens is 2. The fourth-order valence-electron chi connectivity index (χ4n) is 1.67. The number of anilines is 1. The Balaban J connectivity index is 2.46. The molecular weight excluding hydrogens is 250 g/mol. The van der Waals surface area contributed by atoms with Crippen molar-refractivity contribution >= 4 is 23.2 Å². The SMILES string of the molecule is CC(C)C(=O)c1cnn(-c2cccc(Cl)c2)c1N. The number of benzene rings is 1. The van der Waals surface area contributed by atoms with Crippen LogP contribution in [0.25, 0.3) is 5.69 Å². The monoisotopic (exact) mass is 263 g/mol. The van der Waals surface area contributed by atoms with Crippen LogP contribution >= 0.6 is 11.6 Å². The van der Waals surface area contributed by atoms with Gasteiger partial charge in [0.1, 0.15) is 5.82 Å². The molecule has 0 aliphatic heterocycles. The highest BCUT2D eigenvalue weighted by Crippen LogP contribution is 2.21. The van der Waals surface area contributed by atoms with Crippen molar-refractivity contribution in [3.05, 3.63) is 41.0 Å². The van der Waals surface area contributed by atoms with Gasteiger partial charge in [0.15, 0.2) is 5.78 Å². The second-order valence-corrected chi connectivity index (χ2v) is 4.79. The maximum atomic E-state index is 11.9. The summed E-state index contributed by atoms with van der Waals surface area (Å²) >= 11 is 5.92. The quantitative estimate of drug-likeness (QED) is 0.866. The summed E-state index contributed by atoms with van der Waals surface area (Å²) < 4.78 is 1.52. The maximum Gasteiger partial charge on any atom is 0.170 e. The molecule has 0 unspecified atom stereocenters. The first-order valence-corrected chi connectivity index (χ1v) is 6.02. The van der Waals surface area contributed by atoms with Crippen molar-refractivity contribution in [2.24, 2.45) is 5.92 Å². The molecule has 0 fully saturated rings. The van der Waals surface area contributed by atoms with Crippen molar-refractivity contribution in [2.45, 2.75) is 13.8 Å². The first-order chi connectivity index (χ1) is 8.50. The molecule has 94 valence electrons. The second kappa shape index (κ2) is 4.82. The molecule has 0 atom stereocenters. The Labute approximate surface area is 110 Å². The highest BCUT2D eigenvalue weighted by molar-refractivity contribution is 6.30. The van der Waals surface area contributed by atoms with E-state index in [2.05, 4.69) is 5.10 Å². The number of carbonyl (C=O) groups is 1. The Hall–Kier alpha value is -1.81. The molecule has 0 spiro atoms. The van der Waals surface area contributed by atoms with Gasteiger partial charge < -0.3 is 5.73 Å². The van der Waals surface area contributed by atoms with E-state index in [1.54, 1.807) is 12.1 Å². The molecule has 0 amide bonds. The van der Waals surface area contributed by atoms with Crippen LogP contribution in [0, 0.1) is 5.92 Å². The largest absolute Gasteiger partial charge is 0.383 e. The number of Topliss-reactive ketones (excluding diaryl/α,β-unsaturated/α-hetero) is 1. The van der Waals surface area contributed by atoms with Gasteiger partial charge in [0, 0.05) is 10.9 Å². The van der Waals surface area contributed by atoms with Crippen LogP contribution in [0.5, 0.6) is 0 Å². The summed E-state index contributed by atoms with van der Waals surface area (Å²) in [4.78, 5) is 11.9. The van der Waals surface area contributed by atoms with Gasteiger partial charge in [-0.1, -0.05) is 31.5 Å². The van der Waals surface area contributed by atoms with Gasteiger partial charge in [0.2, 0.25) is 0 Å². The van der Waals surface area contributed by atoms with Gasteiger partial charge in [-0.25, -0.2) is 4.68 Å². The third-order valence-corrected chi connectivity index (χ3v) is 2.88. The van der Waals surface area contributed by atoms with Gasteiger partial charge in [-0.15, -0.1) is 0 Å². The van der Waals surface area contributed by atoms with E-state index >= 15 is 0 Å². The Morgan fingerprint density at radius 2 is 2.17 bits per heavy atom. The molecule has 2 N–H and O–H groups in total. The van der Waals surface area contributed by atoms with Crippen LogP contribution in [0.1, 0.15) is 24.2 Å². The Kier molecular flexibility index (Phi) is 3.39. The van der Waals surface area contributed by atoms with E-state index in [0.29, 0.717) is 16.4 Å². The van der Waals surface area contributed by atoms with Gasteiger partial charge in [0.05, 0.1) is 17.4 Å². The number of nitrogens with zero attached hydrogens (tertiary/aromatic N) is 2. The number of hydrogen-bond acceptors (Lipinski definition) is 3. The topological polar surface area (TPSA) is 60.9 Å². The van der Waals surface area contributed by atoms with Crippen LogP contribution in [0.3, 0.4) is 0 Å². The lowest BCUT2D eigenvalue weighted by Crippen LogP contribution is -2.10. The zero-order valence-corrected chi connectivity index (χ0v) is 11.0. The lowest BCUT2D eigenvalue weighted by atomic mass is 10.0. The molecule has 4 nitrogen and oxygen atoms in total. The van der Waals surface area contributed by atoms with Crippen LogP contribution in [0.15, 0.2) is 30.5 Å². The summed E-state index contributed by atoms with van der Waals surface area (Å²) in [6.45, 7) is 3.66. The van der Waals surface area contributed by atoms with E-state index in [0.717, 1.165) is 5.69 Å². The maximum absolute atomic E-state index is 11.9. The third kappa shape index (κ3) is 2.24. The number of rotatable bonds is 3. The average molecular weight is 264 g/mol. The molecular formula is C13H14ClN3O. The minimum Gasteiger partial charge on any atom is -0.383 e. The van der Waals surface area contributed by atoms with Crippen LogP contribution in [0.4, 0.5) is 5.82 Å². The number of halogens is 1. The van der Waals surface area contributed by atoms with Crippen molar-refractivity contribution in [3.63, 3.8) is 0 Å². The molecule has 2 aromatic rings. The number of ketones is 1. The van der Waals surface area contributed by atoms with Crippen LogP contribution in [-0.2, 0) is 0 Å². The number of hydrogen-bond donors (Lipinski definition) is 1. The predicted molar refractivity (Wildman–Crippen MR) is 72.2 cm³/mol. The van der Waals surface area contributed by atoms with E-state index in [1.165, 1.54) is 10.9 Å². The molecule has 1 aromatic carbocycles. The van der Waals surface area contributed by atoms with Crippen molar-refractivity contribution in [1.82, 2.24) is 9.78 Å². The van der Waals surface area contributed by atoms with Crippen molar-refractivity contribution in [1.29, 1.82) is 0 Å². The fraction of sp³-hybridized carbons (Fsp3) is 0.231. The number of carbonyl (C=O) groups excluding carboxylic acids is 1. The normalized spacial score (nSPS) is 10.9. The number of nitrogen functional groups attached to an aromatic ring is 1. The Morgan fingerprint density at radius 3 is 2.78 bits per heavy atom. The molecule has 5 heteroatoms. The third-order valence-electron chi connectivity index (χ3n) is 2.65. The Morgan fingerprint density at radius 1 is 1.44 bits per heavy atom. The van der Waals surface area contributed by atoms with E-state index in [9.17, 15) is 4.79 Å². The molecule has 18 heavy (non-hydrogen) atoms. The minimum atomic E-state index is -0.107. The lowest BCUT2D eigenvalue weighted by Gasteiger charge is -2.06. The van der Waals surface area contributed by atoms with Crippen LogP contribution in [-0.4, -0.2) is 15.6 Å². The minimum absolute atomic E-state index is 0.0132. The smallest absolute Gasteiger partial charge is 0.170 e. The van der Waals surface area contributed by atoms with E-state index < -0.39 is 0 Å². The van der Waals surface area contributed by atoms with Gasteiger partial charge in [0.25, 0.3) is 0 Å². The van der Waals surface area contributed by atoms with Crippen molar-refractivity contribution in [3.8, 4) is 5.69 Å². The van der Waals surface area contributed by atoms with Gasteiger partial charge in [-0.2, -0.15) is 5.10 Å². The van der Waals surface area contributed by atoms with Gasteiger partial charge in [-0.05, 0) is 18.2 Å². The average Bonchev–Trinajstić information content (AvgIpc) is 2.70. The molecule has 1 aromatic heterocycles. The molecule has 1 heterocycles. The van der Waals surface area contributed by atoms with Crippen LogP contribution < -0.4 is 5.73 Å². The number of nitrogens with two attached hydrogens (primary N) is 1. The predicted octanol–water partition coefficient (Wildman–Crippen LogP) is 2.95. The van der Waals surface area contributed by atoms with Gasteiger partial charge in [-0.3, -0.25) is 4.79 Å². The zero-order chi connectivity index (χ0) is 13.3. The summed E-state index contributed by atoms with van der Waals surface area (Å²) in [6, 6.07) is 7.15. The van der Waals surface area contributed by atoms with E-state index in [1.807, 2.05) is 26.0 Å². The first-order valence-electron chi connectivity index (χ1n) is 5.64. The first kappa shape index (κ1) is 12.6. The summed E-state index contributed by atoms with van der Waals surface area (Å²) in [7, 11) is 0. The molecule has 0 bridgehead atoms.